The van der Waals surface area contributed by atoms with E-state index >= 15 is 0 Å². The highest BCUT2D eigenvalue weighted by atomic mass is 127. The molecule has 5 rings (SSSR count). The van der Waals surface area contributed by atoms with Gasteiger partial charge in [-0.05, 0) is 115 Å². The number of halogens is 2. The van der Waals surface area contributed by atoms with Crippen molar-refractivity contribution in [3.8, 4) is 11.5 Å². The van der Waals surface area contributed by atoms with Gasteiger partial charge in [0.15, 0.2) is 11.5 Å². The van der Waals surface area contributed by atoms with Crippen molar-refractivity contribution in [2.24, 2.45) is 0 Å². The van der Waals surface area contributed by atoms with Crippen molar-refractivity contribution >= 4 is 89.9 Å². The Hall–Kier alpha value is -3.35. The highest BCUT2D eigenvalue weighted by molar-refractivity contribution is 14.1. The van der Waals surface area contributed by atoms with E-state index < -0.39 is 17.1 Å². The number of amides is 3. The fraction of sp³-hybridized carbons (Fsp3) is 0.100. The molecule has 0 radical (unpaired) electrons. The number of hydrogen-bond acceptors (Lipinski definition) is 6. The Morgan fingerprint density at radius 1 is 1.05 bits per heavy atom. The van der Waals surface area contributed by atoms with Crippen LogP contribution in [-0.4, -0.2) is 35.6 Å². The second kappa shape index (κ2) is 12.4. The van der Waals surface area contributed by atoms with Crippen LogP contribution in [-0.2, 0) is 16.2 Å². The Balaban J connectivity index is 1.30. The van der Waals surface area contributed by atoms with E-state index in [1.54, 1.807) is 30.3 Å². The normalized spacial score (nSPS) is 14.2. The zero-order valence-corrected chi connectivity index (χ0v) is 25.7. The zero-order valence-electron chi connectivity index (χ0n) is 21.1. The van der Waals surface area contributed by atoms with Gasteiger partial charge < -0.3 is 14.8 Å². The van der Waals surface area contributed by atoms with Gasteiger partial charge in [-0.2, -0.15) is 0 Å². The second-order valence-corrected chi connectivity index (χ2v) is 11.9. The fourth-order valence-corrected chi connectivity index (χ4v) is 5.97. The summed E-state index contributed by atoms with van der Waals surface area (Å²) >= 11 is 6.52. The number of carbonyl (C=O) groups is 3. The van der Waals surface area contributed by atoms with Crippen molar-refractivity contribution < 1.29 is 23.9 Å². The Kier molecular flexibility index (Phi) is 8.77. The lowest BCUT2D eigenvalue weighted by Crippen LogP contribution is -2.36. The minimum Gasteiger partial charge on any atom is -0.493 e. The number of methoxy groups -OCH3 is 1. The van der Waals surface area contributed by atoms with Gasteiger partial charge in [0.2, 0.25) is 5.91 Å². The molecule has 1 fully saturated rings. The average molecular weight is 729 g/mol. The molecule has 1 saturated heterocycles. The summed E-state index contributed by atoms with van der Waals surface area (Å²) in [6, 6.07) is 24.9. The predicted molar refractivity (Wildman–Crippen MR) is 169 cm³/mol. The first-order valence-electron chi connectivity index (χ1n) is 12.1. The summed E-state index contributed by atoms with van der Waals surface area (Å²) in [7, 11) is 1.54. The Bertz CT molecular complexity index is 1650. The maximum Gasteiger partial charge on any atom is 0.294 e. The number of ether oxygens (including phenoxy) is 2. The first kappa shape index (κ1) is 28.2. The maximum atomic E-state index is 13.0. The molecule has 3 amide bonds. The Labute approximate surface area is 257 Å². The van der Waals surface area contributed by atoms with Crippen LogP contribution < -0.4 is 14.8 Å². The van der Waals surface area contributed by atoms with E-state index in [0.717, 1.165) is 36.6 Å². The summed E-state index contributed by atoms with van der Waals surface area (Å²) in [4.78, 5) is 39.2. The van der Waals surface area contributed by atoms with Gasteiger partial charge in [-0.15, -0.1) is 0 Å². The van der Waals surface area contributed by atoms with Gasteiger partial charge in [-0.1, -0.05) is 42.5 Å². The molecule has 0 atom stereocenters. The number of rotatable bonds is 8. The molecular formula is C30H22BrIN2O5S. The van der Waals surface area contributed by atoms with Gasteiger partial charge in [0.25, 0.3) is 11.1 Å². The predicted octanol–water partition coefficient (Wildman–Crippen LogP) is 7.47. The van der Waals surface area contributed by atoms with Crippen LogP contribution >= 0.6 is 50.3 Å². The molecule has 0 unspecified atom stereocenters. The fourth-order valence-electron chi connectivity index (χ4n) is 4.20. The third-order valence-electron chi connectivity index (χ3n) is 6.10. The molecule has 7 nitrogen and oxygen atoms in total. The van der Waals surface area contributed by atoms with Crippen LogP contribution in [0.5, 0.6) is 11.5 Å². The molecule has 10 heteroatoms. The highest BCUT2D eigenvalue weighted by Gasteiger charge is 2.36. The smallest absolute Gasteiger partial charge is 0.294 e. The molecule has 202 valence electrons. The number of nitrogens with zero attached hydrogens (tertiary/aromatic N) is 1. The molecule has 0 saturated carbocycles. The van der Waals surface area contributed by atoms with Crippen molar-refractivity contribution in [2.45, 2.75) is 6.61 Å². The second-order valence-electron chi connectivity index (χ2n) is 8.78. The van der Waals surface area contributed by atoms with Gasteiger partial charge in [0, 0.05) is 9.26 Å². The van der Waals surface area contributed by atoms with Crippen LogP contribution in [0.4, 0.5) is 10.5 Å². The van der Waals surface area contributed by atoms with E-state index in [9.17, 15) is 14.4 Å². The number of benzene rings is 4. The number of hydrogen-bond donors (Lipinski definition) is 1. The number of imide groups is 1. The number of fused-ring (bicyclic) bond motifs is 1. The monoisotopic (exact) mass is 728 g/mol. The molecule has 0 aromatic heterocycles. The zero-order chi connectivity index (χ0) is 28.2. The summed E-state index contributed by atoms with van der Waals surface area (Å²) in [6.07, 6.45) is 1.60. The van der Waals surface area contributed by atoms with Crippen LogP contribution in [0.2, 0.25) is 0 Å². The van der Waals surface area contributed by atoms with Crippen molar-refractivity contribution in [3.05, 3.63) is 103 Å². The lowest BCUT2D eigenvalue weighted by molar-refractivity contribution is -0.127. The molecule has 40 heavy (non-hydrogen) atoms. The first-order chi connectivity index (χ1) is 19.3. The summed E-state index contributed by atoms with van der Waals surface area (Å²) in [5.41, 5.74) is 2.26. The largest absolute Gasteiger partial charge is 0.493 e. The SMILES string of the molecule is COc1cc(/C=C2\SC(=O)N(CC(=O)Nc3ccc(I)cc3)C2=O)cc(Br)c1OCc1cccc2ccccc12. The molecule has 4 aromatic carbocycles. The molecular weight excluding hydrogens is 707 g/mol. The van der Waals surface area contributed by atoms with Gasteiger partial charge in [-0.3, -0.25) is 19.3 Å². The molecule has 0 spiro atoms. The van der Waals surface area contributed by atoms with Crippen LogP contribution in [0.15, 0.2) is 88.2 Å². The third kappa shape index (κ3) is 6.34. The highest BCUT2D eigenvalue weighted by Crippen LogP contribution is 2.39. The summed E-state index contributed by atoms with van der Waals surface area (Å²) < 4.78 is 13.4. The quantitative estimate of drug-likeness (QED) is 0.150. The minimum absolute atomic E-state index is 0.213. The standard InChI is InChI=1S/C30H22BrIN2O5S/c1-38-25-14-18(13-24(31)28(25)39-17-20-7-4-6-19-5-2-3-8-23(19)20)15-26-29(36)34(30(37)40-26)16-27(35)33-22-11-9-21(32)10-12-22/h2-15H,16-17H2,1H3,(H,33,35)/b26-15-. The number of nitrogens with one attached hydrogen (secondary N) is 1. The average Bonchev–Trinajstić information content (AvgIpc) is 3.20. The number of anilines is 1. The third-order valence-corrected chi connectivity index (χ3v) is 8.32. The van der Waals surface area contributed by atoms with E-state index in [-0.39, 0.29) is 11.4 Å². The van der Waals surface area contributed by atoms with Crippen molar-refractivity contribution in [1.82, 2.24) is 4.90 Å². The minimum atomic E-state index is -0.529. The maximum absolute atomic E-state index is 13.0. The van der Waals surface area contributed by atoms with Crippen LogP contribution in [0, 0.1) is 3.57 Å². The molecule has 0 aliphatic carbocycles. The van der Waals surface area contributed by atoms with E-state index in [4.69, 9.17) is 9.47 Å². The molecule has 1 heterocycles. The summed E-state index contributed by atoms with van der Waals surface area (Å²) in [5.74, 6) is 0.00551. The first-order valence-corrected chi connectivity index (χ1v) is 14.8. The lowest BCUT2D eigenvalue weighted by Gasteiger charge is -2.15. The number of thioether (sulfide) groups is 1. The topological polar surface area (TPSA) is 84.9 Å². The molecule has 0 bridgehead atoms. The molecule has 1 aliphatic rings. The Morgan fingerprint density at radius 3 is 2.58 bits per heavy atom. The van der Waals surface area contributed by atoms with Crippen molar-refractivity contribution in [2.75, 3.05) is 19.0 Å². The molecule has 4 aromatic rings. The van der Waals surface area contributed by atoms with E-state index in [2.05, 4.69) is 62.0 Å². The van der Waals surface area contributed by atoms with Crippen LogP contribution in [0.25, 0.3) is 16.8 Å². The summed E-state index contributed by atoms with van der Waals surface area (Å²) in [6.45, 7) is -0.0409. The van der Waals surface area contributed by atoms with Crippen molar-refractivity contribution in [3.63, 3.8) is 0 Å². The van der Waals surface area contributed by atoms with E-state index in [0.29, 0.717) is 33.8 Å². The number of carbonyl (C=O) groups excluding carboxylic acids is 3. The summed E-state index contributed by atoms with van der Waals surface area (Å²) in [5, 5.41) is 4.45. The van der Waals surface area contributed by atoms with Gasteiger partial charge >= 0.3 is 0 Å². The van der Waals surface area contributed by atoms with Gasteiger partial charge in [-0.25, -0.2) is 0 Å². The lowest BCUT2D eigenvalue weighted by atomic mass is 10.1. The van der Waals surface area contributed by atoms with Gasteiger partial charge in [0.05, 0.1) is 16.5 Å². The van der Waals surface area contributed by atoms with Crippen molar-refractivity contribution in [1.29, 1.82) is 0 Å². The Morgan fingerprint density at radius 2 is 1.80 bits per heavy atom. The molecule has 1 N–H and O–H groups in total. The van der Waals surface area contributed by atoms with E-state index in [1.807, 2.05) is 36.4 Å². The van der Waals surface area contributed by atoms with Crippen LogP contribution in [0.1, 0.15) is 11.1 Å². The van der Waals surface area contributed by atoms with Crippen LogP contribution in [0.3, 0.4) is 0 Å². The van der Waals surface area contributed by atoms with Gasteiger partial charge in [0.1, 0.15) is 13.2 Å². The van der Waals surface area contributed by atoms with E-state index in [1.165, 1.54) is 7.11 Å². The molecule has 1 aliphatic heterocycles.